The predicted octanol–water partition coefficient (Wildman–Crippen LogP) is 4.53. The van der Waals surface area contributed by atoms with E-state index in [0.29, 0.717) is 11.7 Å². The molecule has 0 heterocycles. The third-order valence-electron chi connectivity index (χ3n) is 3.65. The number of rotatable bonds is 8. The molecule has 2 heteroatoms. The van der Waals surface area contributed by atoms with Crippen LogP contribution in [0.15, 0.2) is 18.2 Å². The van der Waals surface area contributed by atoms with E-state index in [-0.39, 0.29) is 0 Å². The molecule has 0 fully saturated rings. The molecule has 1 rings (SSSR count). The summed E-state index contributed by atoms with van der Waals surface area (Å²) >= 11 is 0. The van der Waals surface area contributed by atoms with Crippen LogP contribution >= 0.6 is 0 Å². The van der Waals surface area contributed by atoms with Crippen molar-refractivity contribution in [2.75, 3.05) is 14.1 Å². The molecule has 2 nitrogen and oxygen atoms in total. The van der Waals surface area contributed by atoms with Crippen LogP contribution in [0.2, 0.25) is 0 Å². The van der Waals surface area contributed by atoms with Gasteiger partial charge in [-0.15, -0.1) is 0 Å². The number of hydrogen-bond donors (Lipinski definition) is 1. The van der Waals surface area contributed by atoms with Gasteiger partial charge in [0.15, 0.2) is 0 Å². The fraction of sp³-hybridized carbons (Fsp3) is 0.647. The molecule has 0 radical (unpaired) electrons. The topological polar surface area (TPSA) is 23.5 Å². The molecule has 0 aliphatic rings. The van der Waals surface area contributed by atoms with Gasteiger partial charge in [0.25, 0.3) is 0 Å². The van der Waals surface area contributed by atoms with Gasteiger partial charge >= 0.3 is 0 Å². The van der Waals surface area contributed by atoms with Crippen molar-refractivity contribution in [3.8, 4) is 5.75 Å². The number of aromatic hydroxyl groups is 1. The summed E-state index contributed by atoms with van der Waals surface area (Å²) in [5, 5.41) is 9.88. The number of phenols is 1. The van der Waals surface area contributed by atoms with Gasteiger partial charge < -0.3 is 10.0 Å². The zero-order valence-corrected chi connectivity index (χ0v) is 12.9. The van der Waals surface area contributed by atoms with Gasteiger partial charge in [-0.3, -0.25) is 0 Å². The second-order valence-corrected chi connectivity index (χ2v) is 5.88. The van der Waals surface area contributed by atoms with Crippen LogP contribution in [0.3, 0.4) is 0 Å². The summed E-state index contributed by atoms with van der Waals surface area (Å²) in [7, 11) is 4.06. The molecule has 0 aromatic heterocycles. The number of phenolic OH excluding ortho intramolecular Hbond substituents is 1. The molecule has 108 valence electrons. The molecule has 0 saturated carbocycles. The highest BCUT2D eigenvalue weighted by Gasteiger charge is 2.09. The van der Waals surface area contributed by atoms with Gasteiger partial charge in [-0.05, 0) is 38.1 Å². The monoisotopic (exact) mass is 263 g/mol. The normalized spacial score (nSPS) is 12.9. The SMILES string of the molecule is CCCCCCC(C)c1ccc(O)c(CN(C)C)c1. The molecule has 0 aliphatic heterocycles. The first-order valence-electron chi connectivity index (χ1n) is 7.51. The lowest BCUT2D eigenvalue weighted by molar-refractivity contribution is 0.385. The van der Waals surface area contributed by atoms with Gasteiger partial charge in [0, 0.05) is 12.1 Å². The smallest absolute Gasteiger partial charge is 0.120 e. The van der Waals surface area contributed by atoms with Crippen LogP contribution in [0.5, 0.6) is 5.75 Å². The van der Waals surface area contributed by atoms with Gasteiger partial charge in [0.05, 0.1) is 0 Å². The maximum atomic E-state index is 9.88. The highest BCUT2D eigenvalue weighted by Crippen LogP contribution is 2.27. The predicted molar refractivity (Wildman–Crippen MR) is 82.7 cm³/mol. The molecule has 0 aliphatic carbocycles. The van der Waals surface area contributed by atoms with Crippen LogP contribution in [0.25, 0.3) is 0 Å². The third-order valence-corrected chi connectivity index (χ3v) is 3.65. The standard InChI is InChI=1S/C17H29NO/c1-5-6-7-8-9-14(2)15-10-11-17(19)16(12-15)13-18(3)4/h10-12,14,19H,5-9,13H2,1-4H3. The van der Waals surface area contributed by atoms with Gasteiger partial charge in [-0.2, -0.15) is 0 Å². The van der Waals surface area contributed by atoms with E-state index in [4.69, 9.17) is 0 Å². The average molecular weight is 263 g/mol. The van der Waals surface area contributed by atoms with Gasteiger partial charge in [0.1, 0.15) is 5.75 Å². The first-order valence-corrected chi connectivity index (χ1v) is 7.51. The molecule has 1 N–H and O–H groups in total. The molecule has 1 aromatic rings. The highest BCUT2D eigenvalue weighted by atomic mass is 16.3. The van der Waals surface area contributed by atoms with Crippen molar-refractivity contribution in [1.82, 2.24) is 4.90 Å². The third kappa shape index (κ3) is 5.65. The van der Waals surface area contributed by atoms with Crippen molar-refractivity contribution in [2.45, 2.75) is 58.4 Å². The Morgan fingerprint density at radius 3 is 2.53 bits per heavy atom. The van der Waals surface area contributed by atoms with Crippen LogP contribution in [-0.2, 0) is 6.54 Å². The molecule has 0 bridgehead atoms. The lowest BCUT2D eigenvalue weighted by atomic mass is 9.93. The minimum Gasteiger partial charge on any atom is -0.508 e. The maximum Gasteiger partial charge on any atom is 0.120 e. The maximum absolute atomic E-state index is 9.88. The summed E-state index contributed by atoms with van der Waals surface area (Å²) < 4.78 is 0. The van der Waals surface area contributed by atoms with E-state index in [1.165, 1.54) is 37.7 Å². The van der Waals surface area contributed by atoms with Crippen LogP contribution in [0.1, 0.15) is 63.0 Å². The number of unbranched alkanes of at least 4 members (excludes halogenated alkanes) is 3. The van der Waals surface area contributed by atoms with Crippen molar-refractivity contribution >= 4 is 0 Å². The molecular weight excluding hydrogens is 234 g/mol. The molecule has 19 heavy (non-hydrogen) atoms. The Morgan fingerprint density at radius 2 is 1.89 bits per heavy atom. The van der Waals surface area contributed by atoms with Gasteiger partial charge in [-0.1, -0.05) is 51.7 Å². The Labute approximate surface area is 118 Å². The van der Waals surface area contributed by atoms with E-state index in [0.717, 1.165) is 12.1 Å². The van der Waals surface area contributed by atoms with E-state index in [1.54, 1.807) is 0 Å². The van der Waals surface area contributed by atoms with Crippen LogP contribution < -0.4 is 0 Å². The summed E-state index contributed by atoms with van der Waals surface area (Å²) in [6.45, 7) is 5.33. The Balaban J connectivity index is 2.61. The fourth-order valence-corrected chi connectivity index (χ4v) is 2.42. The second-order valence-electron chi connectivity index (χ2n) is 5.88. The quantitative estimate of drug-likeness (QED) is 0.697. The van der Waals surface area contributed by atoms with Crippen molar-refractivity contribution in [3.63, 3.8) is 0 Å². The first kappa shape index (κ1) is 16.0. The summed E-state index contributed by atoms with van der Waals surface area (Å²) in [5.74, 6) is 0.994. The van der Waals surface area contributed by atoms with Crippen LogP contribution in [0, 0.1) is 0 Å². The highest BCUT2D eigenvalue weighted by molar-refractivity contribution is 5.37. The Bertz CT molecular complexity index is 374. The zero-order valence-electron chi connectivity index (χ0n) is 12.9. The first-order chi connectivity index (χ1) is 9.04. The number of hydrogen-bond acceptors (Lipinski definition) is 2. The largest absolute Gasteiger partial charge is 0.508 e. The minimum absolute atomic E-state index is 0.413. The molecule has 0 spiro atoms. The molecule has 1 atom stereocenters. The summed E-state index contributed by atoms with van der Waals surface area (Å²) in [5.41, 5.74) is 2.38. The Hall–Kier alpha value is -1.02. The van der Waals surface area contributed by atoms with Crippen molar-refractivity contribution in [2.24, 2.45) is 0 Å². The summed E-state index contributed by atoms with van der Waals surface area (Å²) in [4.78, 5) is 2.09. The van der Waals surface area contributed by atoms with E-state index in [2.05, 4.69) is 30.9 Å². The lowest BCUT2D eigenvalue weighted by Gasteiger charge is -2.16. The van der Waals surface area contributed by atoms with E-state index < -0.39 is 0 Å². The van der Waals surface area contributed by atoms with E-state index in [9.17, 15) is 5.11 Å². The van der Waals surface area contributed by atoms with Crippen LogP contribution in [0.4, 0.5) is 0 Å². The van der Waals surface area contributed by atoms with E-state index >= 15 is 0 Å². The minimum atomic E-state index is 0.413. The van der Waals surface area contributed by atoms with Crippen LogP contribution in [-0.4, -0.2) is 24.1 Å². The molecule has 1 aromatic carbocycles. The Kier molecular flexibility index (Phi) is 6.93. The van der Waals surface area contributed by atoms with Gasteiger partial charge in [-0.25, -0.2) is 0 Å². The van der Waals surface area contributed by atoms with Crippen molar-refractivity contribution in [3.05, 3.63) is 29.3 Å². The lowest BCUT2D eigenvalue weighted by Crippen LogP contribution is -2.11. The second kappa shape index (κ2) is 8.21. The molecule has 0 amide bonds. The fourth-order valence-electron chi connectivity index (χ4n) is 2.42. The molecule has 0 saturated heterocycles. The summed E-state index contributed by atoms with van der Waals surface area (Å²) in [6.07, 6.45) is 6.52. The van der Waals surface area contributed by atoms with Gasteiger partial charge in [0.2, 0.25) is 0 Å². The summed E-state index contributed by atoms with van der Waals surface area (Å²) in [6, 6.07) is 6.08. The molecule has 1 unspecified atom stereocenters. The molecular formula is C17H29NO. The number of benzene rings is 1. The Morgan fingerprint density at radius 1 is 1.16 bits per heavy atom. The van der Waals surface area contributed by atoms with E-state index in [1.807, 2.05) is 20.2 Å². The average Bonchev–Trinajstić information content (AvgIpc) is 2.36. The zero-order chi connectivity index (χ0) is 14.3. The van der Waals surface area contributed by atoms with Crippen molar-refractivity contribution in [1.29, 1.82) is 0 Å². The number of nitrogens with zero attached hydrogens (tertiary/aromatic N) is 1. The van der Waals surface area contributed by atoms with Crippen molar-refractivity contribution < 1.29 is 5.11 Å².